The van der Waals surface area contributed by atoms with Crippen LogP contribution in [-0.4, -0.2) is 43.8 Å². The van der Waals surface area contributed by atoms with Gasteiger partial charge in [0.2, 0.25) is 0 Å². The average molecular weight is 204 g/mol. The van der Waals surface area contributed by atoms with E-state index in [4.69, 9.17) is 14.6 Å². The van der Waals surface area contributed by atoms with Gasteiger partial charge in [0.25, 0.3) is 0 Å². The molecule has 0 saturated carbocycles. The first-order chi connectivity index (χ1) is 6.66. The number of carbonyl (C=O) groups excluding carboxylic acids is 1. The van der Waals surface area contributed by atoms with Crippen LogP contribution in [0.3, 0.4) is 0 Å². The van der Waals surface area contributed by atoms with Crippen LogP contribution in [0, 0.1) is 0 Å². The minimum absolute atomic E-state index is 0.194. The van der Waals surface area contributed by atoms with Crippen molar-refractivity contribution in [1.82, 2.24) is 0 Å². The molecule has 0 radical (unpaired) electrons. The summed E-state index contributed by atoms with van der Waals surface area (Å²) in [6.45, 7) is 5.94. The van der Waals surface area contributed by atoms with Crippen molar-refractivity contribution in [2.24, 2.45) is 0 Å². The fourth-order valence-corrected chi connectivity index (χ4v) is 0.640. The van der Waals surface area contributed by atoms with Gasteiger partial charge in [-0.3, -0.25) is 0 Å². The zero-order valence-electron chi connectivity index (χ0n) is 8.27. The number of hydrogen-bond donors (Lipinski definition) is 1. The lowest BCUT2D eigenvalue weighted by Crippen LogP contribution is -2.14. The highest BCUT2D eigenvalue weighted by Gasteiger charge is 1.96. The van der Waals surface area contributed by atoms with Crippen LogP contribution in [0.2, 0.25) is 0 Å². The largest absolute Gasteiger partial charge is 0.460 e. The molecule has 0 heterocycles. The summed E-state index contributed by atoms with van der Waals surface area (Å²) in [5.41, 5.74) is 0. The average Bonchev–Trinajstić information content (AvgIpc) is 2.15. The topological polar surface area (TPSA) is 65.0 Å². The Morgan fingerprint density at radius 3 is 2.64 bits per heavy atom. The maximum Gasteiger partial charge on any atom is 0.330 e. The summed E-state index contributed by atoms with van der Waals surface area (Å²) < 4.78 is 14.5. The van der Waals surface area contributed by atoms with Crippen molar-refractivity contribution < 1.29 is 24.1 Å². The van der Waals surface area contributed by atoms with Gasteiger partial charge in [0, 0.05) is 6.08 Å². The molecule has 0 bridgehead atoms. The van der Waals surface area contributed by atoms with E-state index in [1.165, 1.54) is 6.92 Å². The summed E-state index contributed by atoms with van der Waals surface area (Å²) in [5.74, 6) is -0.464. The zero-order chi connectivity index (χ0) is 10.8. The molecule has 0 aliphatic heterocycles. The third kappa shape index (κ3) is 9.18. The predicted octanol–water partition coefficient (Wildman–Crippen LogP) is 0.0871. The van der Waals surface area contributed by atoms with E-state index in [9.17, 15) is 4.79 Å². The van der Waals surface area contributed by atoms with Crippen LogP contribution in [0.25, 0.3) is 0 Å². The molecule has 0 saturated heterocycles. The first-order valence-corrected chi connectivity index (χ1v) is 4.33. The highest BCUT2D eigenvalue weighted by atomic mass is 16.6. The van der Waals surface area contributed by atoms with Crippen LogP contribution in [0.1, 0.15) is 6.92 Å². The second-order valence-electron chi connectivity index (χ2n) is 2.45. The van der Waals surface area contributed by atoms with Crippen molar-refractivity contribution in [2.45, 2.75) is 13.2 Å². The van der Waals surface area contributed by atoms with Crippen LogP contribution in [0.5, 0.6) is 0 Å². The molecule has 0 rings (SSSR count). The molecule has 1 atom stereocenters. The summed E-state index contributed by atoms with van der Waals surface area (Å²) in [6.07, 6.45) is 0.313. The van der Waals surface area contributed by atoms with Gasteiger partial charge in [0.15, 0.2) is 6.29 Å². The molecule has 0 aromatic heterocycles. The summed E-state index contributed by atoms with van der Waals surface area (Å²) in [4.78, 5) is 10.5. The fraction of sp³-hybridized carbons (Fsp3) is 0.667. The summed E-state index contributed by atoms with van der Waals surface area (Å²) in [7, 11) is 0. The lowest BCUT2D eigenvalue weighted by Gasteiger charge is -2.07. The molecule has 82 valence electrons. The van der Waals surface area contributed by atoms with E-state index < -0.39 is 12.3 Å². The summed E-state index contributed by atoms with van der Waals surface area (Å²) in [6, 6.07) is 0. The van der Waals surface area contributed by atoms with Gasteiger partial charge in [0.05, 0.1) is 19.8 Å². The molecule has 5 heteroatoms. The van der Waals surface area contributed by atoms with Crippen molar-refractivity contribution in [3.63, 3.8) is 0 Å². The monoisotopic (exact) mass is 204 g/mol. The van der Waals surface area contributed by atoms with E-state index in [1.54, 1.807) is 0 Å². The Hall–Kier alpha value is -0.910. The standard InChI is InChI=1S/C9H16O5/c1-3-9(11)14-7-5-12-4-6-13-8(2)10/h3,8,10H,1,4-7H2,2H3. The Kier molecular flexibility index (Phi) is 8.11. The summed E-state index contributed by atoms with van der Waals surface area (Å²) >= 11 is 0. The molecular formula is C9H16O5. The van der Waals surface area contributed by atoms with Gasteiger partial charge in [-0.1, -0.05) is 6.58 Å². The molecule has 0 spiro atoms. The van der Waals surface area contributed by atoms with Gasteiger partial charge in [-0.25, -0.2) is 4.79 Å². The Balaban J connectivity index is 3.06. The zero-order valence-corrected chi connectivity index (χ0v) is 8.27. The highest BCUT2D eigenvalue weighted by molar-refractivity contribution is 5.81. The number of esters is 1. The molecular weight excluding hydrogens is 188 g/mol. The third-order valence-corrected chi connectivity index (χ3v) is 1.23. The molecule has 0 aromatic carbocycles. The predicted molar refractivity (Wildman–Crippen MR) is 49.6 cm³/mol. The molecule has 1 unspecified atom stereocenters. The Bertz CT molecular complexity index is 167. The van der Waals surface area contributed by atoms with Crippen LogP contribution in [-0.2, 0) is 19.0 Å². The maximum absolute atomic E-state index is 10.5. The van der Waals surface area contributed by atoms with E-state index in [0.29, 0.717) is 19.8 Å². The van der Waals surface area contributed by atoms with Crippen LogP contribution >= 0.6 is 0 Å². The molecule has 1 N–H and O–H groups in total. The van der Waals surface area contributed by atoms with Crippen molar-refractivity contribution >= 4 is 5.97 Å². The first-order valence-electron chi connectivity index (χ1n) is 4.33. The number of ether oxygens (including phenoxy) is 3. The lowest BCUT2D eigenvalue weighted by atomic mass is 10.6. The normalized spacial score (nSPS) is 12.1. The number of aliphatic hydroxyl groups is 1. The van der Waals surface area contributed by atoms with Gasteiger partial charge in [-0.2, -0.15) is 0 Å². The summed E-state index contributed by atoms with van der Waals surface area (Å²) in [5, 5.41) is 8.70. The minimum atomic E-state index is -0.780. The van der Waals surface area contributed by atoms with Crippen LogP contribution in [0.15, 0.2) is 12.7 Å². The van der Waals surface area contributed by atoms with Crippen molar-refractivity contribution in [3.05, 3.63) is 12.7 Å². The minimum Gasteiger partial charge on any atom is -0.460 e. The van der Waals surface area contributed by atoms with Crippen LogP contribution < -0.4 is 0 Å². The molecule has 0 amide bonds. The van der Waals surface area contributed by atoms with Gasteiger partial charge in [-0.05, 0) is 6.92 Å². The quantitative estimate of drug-likeness (QED) is 0.263. The smallest absolute Gasteiger partial charge is 0.330 e. The van der Waals surface area contributed by atoms with Gasteiger partial charge in [0.1, 0.15) is 6.61 Å². The molecule has 0 aliphatic rings. The molecule has 14 heavy (non-hydrogen) atoms. The van der Waals surface area contributed by atoms with E-state index in [1.807, 2.05) is 0 Å². The van der Waals surface area contributed by atoms with Crippen molar-refractivity contribution in [2.75, 3.05) is 26.4 Å². The molecule has 0 aliphatic carbocycles. The second kappa shape index (κ2) is 8.68. The SMILES string of the molecule is C=CC(=O)OCCOCCOC(C)O. The lowest BCUT2D eigenvalue weighted by molar-refractivity contribution is -0.139. The second-order valence-corrected chi connectivity index (χ2v) is 2.45. The molecule has 0 aromatic rings. The van der Waals surface area contributed by atoms with Gasteiger partial charge >= 0.3 is 5.97 Å². The van der Waals surface area contributed by atoms with E-state index >= 15 is 0 Å². The van der Waals surface area contributed by atoms with E-state index in [-0.39, 0.29) is 6.61 Å². The number of aliphatic hydroxyl groups excluding tert-OH is 1. The number of hydrogen-bond acceptors (Lipinski definition) is 5. The Labute approximate surface area is 83.3 Å². The number of carbonyl (C=O) groups is 1. The van der Waals surface area contributed by atoms with Crippen molar-refractivity contribution in [3.8, 4) is 0 Å². The fourth-order valence-electron chi connectivity index (χ4n) is 0.640. The molecule has 0 fully saturated rings. The number of rotatable bonds is 8. The van der Waals surface area contributed by atoms with Gasteiger partial charge in [-0.15, -0.1) is 0 Å². The maximum atomic E-state index is 10.5. The first kappa shape index (κ1) is 13.1. The Morgan fingerprint density at radius 1 is 1.43 bits per heavy atom. The Morgan fingerprint density at radius 2 is 2.07 bits per heavy atom. The molecule has 5 nitrogen and oxygen atoms in total. The van der Waals surface area contributed by atoms with E-state index in [2.05, 4.69) is 11.3 Å². The highest BCUT2D eigenvalue weighted by Crippen LogP contribution is 1.85. The van der Waals surface area contributed by atoms with Gasteiger partial charge < -0.3 is 19.3 Å². The van der Waals surface area contributed by atoms with Crippen LogP contribution in [0.4, 0.5) is 0 Å². The third-order valence-electron chi connectivity index (χ3n) is 1.23. The van der Waals surface area contributed by atoms with E-state index in [0.717, 1.165) is 6.08 Å². The van der Waals surface area contributed by atoms with Crippen molar-refractivity contribution in [1.29, 1.82) is 0 Å².